The highest BCUT2D eigenvalue weighted by atomic mass is 16.5. The number of para-hydroxylation sites is 1. The monoisotopic (exact) mass is 588 g/mol. The van der Waals surface area contributed by atoms with Gasteiger partial charge in [0.05, 0.1) is 24.2 Å². The molecule has 0 saturated heterocycles. The molecule has 0 bridgehead atoms. The van der Waals surface area contributed by atoms with Crippen molar-refractivity contribution in [3.8, 4) is 39.4 Å². The third kappa shape index (κ3) is 4.91. The van der Waals surface area contributed by atoms with Crippen molar-refractivity contribution in [2.75, 3.05) is 31.0 Å². The highest BCUT2D eigenvalue weighted by molar-refractivity contribution is 5.89. The van der Waals surface area contributed by atoms with Gasteiger partial charge in [-0.3, -0.25) is 4.90 Å². The molecule has 0 N–H and O–H groups in total. The minimum atomic E-state index is -0.159. The Bertz CT molecular complexity index is 2020. The van der Waals surface area contributed by atoms with Crippen molar-refractivity contribution in [2.24, 2.45) is 0 Å². The van der Waals surface area contributed by atoms with Crippen molar-refractivity contribution in [3.05, 3.63) is 139 Å². The fourth-order valence-corrected chi connectivity index (χ4v) is 6.46. The molecule has 5 nitrogen and oxygen atoms in total. The minimum Gasteiger partial charge on any atom is -0.496 e. The molecule has 2 aromatic heterocycles. The van der Waals surface area contributed by atoms with E-state index in [4.69, 9.17) is 14.7 Å². The number of hydrogen-bond acceptors (Lipinski definition) is 5. The Labute approximate surface area is 265 Å². The van der Waals surface area contributed by atoms with E-state index in [0.717, 1.165) is 62.3 Å². The van der Waals surface area contributed by atoms with E-state index >= 15 is 0 Å². The standard InChI is InChI=1S/C40H36N4O/c1-40(2)32-18-12-20-36(45-5)38(32)39-33(40)21-22-34(42-39)28-15-11-16-30(25-28)44(37-26-29(43(3)4)23-24-41-37)35-19-10-9-17-31(35)27-13-7-6-8-14-27/h6-26H,1-5H3. The summed E-state index contributed by atoms with van der Waals surface area (Å²) in [5.41, 5.74) is 11.7. The van der Waals surface area contributed by atoms with Crippen LogP contribution in [0.2, 0.25) is 0 Å². The van der Waals surface area contributed by atoms with E-state index in [2.05, 4.69) is 141 Å². The number of nitrogens with zero attached hydrogens (tertiary/aromatic N) is 4. The molecule has 1 aliphatic carbocycles. The molecule has 1 aliphatic rings. The number of methoxy groups -OCH3 is 1. The maximum atomic E-state index is 5.82. The van der Waals surface area contributed by atoms with E-state index < -0.39 is 0 Å². The molecule has 0 radical (unpaired) electrons. The number of ether oxygens (including phenoxy) is 1. The van der Waals surface area contributed by atoms with Gasteiger partial charge in [0.25, 0.3) is 0 Å². The largest absolute Gasteiger partial charge is 0.496 e. The van der Waals surface area contributed by atoms with Crippen LogP contribution in [0, 0.1) is 0 Å². The molecular weight excluding hydrogens is 552 g/mol. The number of benzene rings is 4. The van der Waals surface area contributed by atoms with Crippen molar-refractivity contribution >= 4 is 22.9 Å². The first-order valence-corrected chi connectivity index (χ1v) is 15.2. The van der Waals surface area contributed by atoms with Crippen LogP contribution in [-0.2, 0) is 5.41 Å². The fraction of sp³-hybridized carbons (Fsp3) is 0.150. The lowest BCUT2D eigenvalue weighted by atomic mass is 9.82. The number of pyridine rings is 2. The quantitative estimate of drug-likeness (QED) is 0.186. The van der Waals surface area contributed by atoms with Crippen LogP contribution in [0.15, 0.2) is 128 Å². The summed E-state index contributed by atoms with van der Waals surface area (Å²) in [5, 5.41) is 0. The lowest BCUT2D eigenvalue weighted by Crippen LogP contribution is -2.15. The lowest BCUT2D eigenvalue weighted by molar-refractivity contribution is 0.416. The van der Waals surface area contributed by atoms with Crippen LogP contribution in [0.1, 0.15) is 25.0 Å². The second-order valence-electron chi connectivity index (χ2n) is 12.1. The first-order valence-electron chi connectivity index (χ1n) is 15.2. The average Bonchev–Trinajstić information content (AvgIpc) is 3.31. The Morgan fingerprint density at radius 1 is 0.667 bits per heavy atom. The molecule has 222 valence electrons. The lowest BCUT2D eigenvalue weighted by Gasteiger charge is -2.28. The molecule has 0 atom stereocenters. The van der Waals surface area contributed by atoms with Crippen LogP contribution in [0.4, 0.5) is 22.9 Å². The number of rotatable bonds is 7. The molecule has 6 aromatic rings. The molecule has 0 saturated carbocycles. The van der Waals surface area contributed by atoms with Gasteiger partial charge in [-0.2, -0.15) is 0 Å². The van der Waals surface area contributed by atoms with Crippen LogP contribution in [-0.4, -0.2) is 31.2 Å². The molecule has 0 aliphatic heterocycles. The second-order valence-corrected chi connectivity index (χ2v) is 12.1. The van der Waals surface area contributed by atoms with Gasteiger partial charge < -0.3 is 9.64 Å². The van der Waals surface area contributed by atoms with Crippen LogP contribution in [0.5, 0.6) is 5.75 Å². The van der Waals surface area contributed by atoms with Crippen LogP contribution >= 0.6 is 0 Å². The molecule has 0 fully saturated rings. The predicted molar refractivity (Wildman–Crippen MR) is 186 cm³/mol. The molecule has 0 unspecified atom stereocenters. The zero-order valence-corrected chi connectivity index (χ0v) is 26.3. The Morgan fingerprint density at radius 2 is 1.42 bits per heavy atom. The van der Waals surface area contributed by atoms with Gasteiger partial charge in [0.1, 0.15) is 11.6 Å². The Balaban J connectivity index is 1.40. The predicted octanol–water partition coefficient (Wildman–Crippen LogP) is 9.66. The summed E-state index contributed by atoms with van der Waals surface area (Å²) in [6.45, 7) is 4.52. The van der Waals surface area contributed by atoms with Gasteiger partial charge in [-0.05, 0) is 53.1 Å². The average molecular weight is 589 g/mol. The van der Waals surface area contributed by atoms with Crippen LogP contribution in [0.25, 0.3) is 33.6 Å². The van der Waals surface area contributed by atoms with Gasteiger partial charge in [-0.25, -0.2) is 9.97 Å². The summed E-state index contributed by atoms with van der Waals surface area (Å²) in [7, 11) is 5.83. The number of fused-ring (bicyclic) bond motifs is 3. The first kappa shape index (κ1) is 28.4. The van der Waals surface area contributed by atoms with Crippen molar-refractivity contribution in [2.45, 2.75) is 19.3 Å². The number of hydrogen-bond donors (Lipinski definition) is 0. The Hall–Kier alpha value is -5.42. The molecular formula is C40H36N4O. The minimum absolute atomic E-state index is 0.159. The molecule has 2 heterocycles. The molecule has 0 amide bonds. The molecule has 5 heteroatoms. The summed E-state index contributed by atoms with van der Waals surface area (Å²) in [4.78, 5) is 14.5. The maximum Gasteiger partial charge on any atom is 0.139 e. The van der Waals surface area contributed by atoms with Gasteiger partial charge in [-0.15, -0.1) is 0 Å². The van der Waals surface area contributed by atoms with E-state index in [9.17, 15) is 0 Å². The smallest absolute Gasteiger partial charge is 0.139 e. The van der Waals surface area contributed by atoms with Crippen LogP contribution in [0.3, 0.4) is 0 Å². The van der Waals surface area contributed by atoms with Gasteiger partial charge in [-0.1, -0.05) is 92.7 Å². The van der Waals surface area contributed by atoms with Crippen molar-refractivity contribution in [1.29, 1.82) is 0 Å². The van der Waals surface area contributed by atoms with Gasteiger partial charge in [0.15, 0.2) is 0 Å². The van der Waals surface area contributed by atoms with Crippen molar-refractivity contribution in [3.63, 3.8) is 0 Å². The number of aromatic nitrogens is 2. The number of anilines is 4. The topological polar surface area (TPSA) is 41.5 Å². The Kier molecular flexibility index (Phi) is 7.09. The second kappa shape index (κ2) is 11.3. The van der Waals surface area contributed by atoms with E-state index in [1.807, 2.05) is 24.4 Å². The summed E-state index contributed by atoms with van der Waals surface area (Å²) >= 11 is 0. The van der Waals surface area contributed by atoms with E-state index in [-0.39, 0.29) is 5.41 Å². The van der Waals surface area contributed by atoms with Gasteiger partial charge in [0.2, 0.25) is 0 Å². The van der Waals surface area contributed by atoms with E-state index in [1.54, 1.807) is 7.11 Å². The normalized spacial score (nSPS) is 12.7. The highest BCUT2D eigenvalue weighted by Gasteiger charge is 2.38. The van der Waals surface area contributed by atoms with Crippen molar-refractivity contribution < 1.29 is 4.74 Å². The van der Waals surface area contributed by atoms with Gasteiger partial charge >= 0.3 is 0 Å². The summed E-state index contributed by atoms with van der Waals surface area (Å²) in [6, 6.07) is 42.4. The Morgan fingerprint density at radius 3 is 2.22 bits per heavy atom. The molecule has 45 heavy (non-hydrogen) atoms. The van der Waals surface area contributed by atoms with E-state index in [1.165, 1.54) is 11.1 Å². The fourth-order valence-electron chi connectivity index (χ4n) is 6.46. The maximum absolute atomic E-state index is 5.82. The molecule has 4 aromatic carbocycles. The van der Waals surface area contributed by atoms with Crippen LogP contribution < -0.4 is 14.5 Å². The van der Waals surface area contributed by atoms with Gasteiger partial charge in [0, 0.05) is 59.8 Å². The van der Waals surface area contributed by atoms with Crippen molar-refractivity contribution in [1.82, 2.24) is 9.97 Å². The third-order valence-corrected chi connectivity index (χ3v) is 8.83. The molecule has 0 spiro atoms. The SMILES string of the molecule is COc1cccc2c1-c1nc(-c3cccc(N(c4cc(N(C)C)ccn4)c4ccccc4-c4ccccc4)c3)ccc1C2(C)C. The third-order valence-electron chi connectivity index (χ3n) is 8.83. The summed E-state index contributed by atoms with van der Waals surface area (Å²) < 4.78 is 5.82. The first-order chi connectivity index (χ1) is 21.9. The summed E-state index contributed by atoms with van der Waals surface area (Å²) in [6.07, 6.45) is 1.88. The highest BCUT2D eigenvalue weighted by Crippen LogP contribution is 2.52. The zero-order valence-electron chi connectivity index (χ0n) is 26.3. The summed E-state index contributed by atoms with van der Waals surface area (Å²) in [5.74, 6) is 1.69. The van der Waals surface area contributed by atoms with E-state index in [0.29, 0.717) is 0 Å². The molecule has 7 rings (SSSR count). The zero-order chi connectivity index (χ0) is 31.1.